The highest BCUT2D eigenvalue weighted by Crippen LogP contribution is 2.43. The van der Waals surface area contributed by atoms with Crippen LogP contribution in [-0.2, 0) is 20.8 Å². The Morgan fingerprint density at radius 2 is 2.06 bits per heavy atom. The van der Waals surface area contributed by atoms with E-state index in [4.69, 9.17) is 25.8 Å². The number of aliphatic hydroxyl groups excluding tert-OH is 1. The molecule has 11 heteroatoms. The predicted molar refractivity (Wildman–Crippen MR) is 122 cm³/mol. The van der Waals surface area contributed by atoms with E-state index in [0.29, 0.717) is 23.5 Å². The van der Waals surface area contributed by atoms with Gasteiger partial charge in [-0.05, 0) is 65.7 Å². The highest BCUT2D eigenvalue weighted by Gasteiger charge is 2.56. The van der Waals surface area contributed by atoms with Gasteiger partial charge < -0.3 is 24.6 Å². The molecule has 0 spiro atoms. The number of halogens is 2. The van der Waals surface area contributed by atoms with Crippen LogP contribution in [0.25, 0.3) is 11.2 Å². The van der Waals surface area contributed by atoms with Crippen LogP contribution in [0.5, 0.6) is 0 Å². The molecule has 2 aromatic heterocycles. The number of fused-ring (bicyclic) bond motifs is 2. The molecule has 164 valence electrons. The first-order valence-corrected chi connectivity index (χ1v) is 11.3. The zero-order chi connectivity index (χ0) is 21.8. The van der Waals surface area contributed by atoms with E-state index in [0.717, 1.165) is 9.13 Å². The van der Waals surface area contributed by atoms with Gasteiger partial charge in [0.15, 0.2) is 29.0 Å². The lowest BCUT2D eigenvalue weighted by molar-refractivity contribution is -0.199. The summed E-state index contributed by atoms with van der Waals surface area (Å²) in [6.07, 6.45) is -0.255. The summed E-state index contributed by atoms with van der Waals surface area (Å²) in [6.45, 7) is 4.07. The number of ether oxygens (including phenoxy) is 3. The van der Waals surface area contributed by atoms with Crippen LogP contribution in [0.3, 0.4) is 0 Å². The Bertz CT molecular complexity index is 1130. The van der Waals surface area contributed by atoms with Crippen molar-refractivity contribution in [3.63, 3.8) is 0 Å². The molecule has 0 radical (unpaired) electrons. The minimum atomic E-state index is -0.770. The summed E-state index contributed by atoms with van der Waals surface area (Å²) in [6, 6.07) is 8.17. The number of rotatable bonds is 5. The minimum absolute atomic E-state index is 0.0940. The van der Waals surface area contributed by atoms with Gasteiger partial charge in [0, 0.05) is 10.1 Å². The molecule has 4 heterocycles. The average molecular weight is 558 g/mol. The Hall–Kier alpha value is -1.57. The van der Waals surface area contributed by atoms with Gasteiger partial charge in [-0.15, -0.1) is 0 Å². The van der Waals surface area contributed by atoms with Crippen LogP contribution < -0.4 is 5.32 Å². The number of imidazole rings is 1. The molecule has 0 bridgehead atoms. The molecule has 4 atom stereocenters. The van der Waals surface area contributed by atoms with Crippen molar-refractivity contribution in [2.45, 2.75) is 50.7 Å². The molecular weight excluding hydrogens is 537 g/mol. The molecule has 2 fully saturated rings. The second kappa shape index (κ2) is 8.09. The number of benzene rings is 1. The number of anilines is 1. The van der Waals surface area contributed by atoms with E-state index in [-0.39, 0.29) is 11.9 Å². The lowest BCUT2D eigenvalue weighted by Crippen LogP contribution is -2.31. The fourth-order valence-electron chi connectivity index (χ4n) is 4.06. The van der Waals surface area contributed by atoms with E-state index >= 15 is 0 Å². The maximum atomic E-state index is 9.76. The molecule has 0 unspecified atom stereocenters. The van der Waals surface area contributed by atoms with E-state index in [2.05, 4.69) is 48.9 Å². The fraction of sp³-hybridized carbons (Fsp3) is 0.450. The van der Waals surface area contributed by atoms with Crippen molar-refractivity contribution < 1.29 is 19.3 Å². The summed E-state index contributed by atoms with van der Waals surface area (Å²) in [5, 5.41) is 13.2. The number of nitrogens with zero attached hydrogens (tertiary/aromatic N) is 4. The molecule has 1 aromatic carbocycles. The van der Waals surface area contributed by atoms with Crippen LogP contribution in [-0.4, -0.2) is 55.3 Å². The van der Waals surface area contributed by atoms with Crippen molar-refractivity contribution >= 4 is 51.2 Å². The third-order valence-corrected chi connectivity index (χ3v) is 6.16. The van der Waals surface area contributed by atoms with E-state index in [1.807, 2.05) is 32.0 Å². The Morgan fingerprint density at radius 3 is 2.84 bits per heavy atom. The molecule has 3 aromatic rings. The summed E-state index contributed by atoms with van der Waals surface area (Å²) in [7, 11) is 0. The van der Waals surface area contributed by atoms with Crippen LogP contribution in [0, 0.1) is 3.57 Å². The molecule has 0 amide bonds. The fourth-order valence-corrected chi connectivity index (χ4v) is 4.83. The minimum Gasteiger partial charge on any atom is -0.394 e. The normalized spacial score (nSPS) is 27.0. The smallest absolute Gasteiger partial charge is 0.226 e. The second-order valence-corrected chi connectivity index (χ2v) is 9.54. The molecule has 2 saturated heterocycles. The molecule has 2 aliphatic heterocycles. The predicted octanol–water partition coefficient (Wildman–Crippen LogP) is 3.11. The van der Waals surface area contributed by atoms with Crippen LogP contribution in [0.1, 0.15) is 25.6 Å². The highest BCUT2D eigenvalue weighted by molar-refractivity contribution is 14.1. The van der Waals surface area contributed by atoms with Gasteiger partial charge in [0.1, 0.15) is 18.3 Å². The number of hydrogen-bond donors (Lipinski definition) is 2. The largest absolute Gasteiger partial charge is 0.394 e. The van der Waals surface area contributed by atoms with Crippen LogP contribution in [0.4, 0.5) is 5.82 Å². The molecule has 0 aliphatic carbocycles. The Labute approximate surface area is 197 Å². The van der Waals surface area contributed by atoms with Crippen LogP contribution in [0.15, 0.2) is 30.6 Å². The van der Waals surface area contributed by atoms with Crippen LogP contribution in [0.2, 0.25) is 5.28 Å². The zero-order valence-electron chi connectivity index (χ0n) is 16.8. The van der Waals surface area contributed by atoms with E-state index in [1.54, 1.807) is 10.9 Å². The quantitative estimate of drug-likeness (QED) is 0.364. The number of nitrogens with one attached hydrogen (secondary N) is 1. The summed E-state index contributed by atoms with van der Waals surface area (Å²) in [4.78, 5) is 13.2. The third-order valence-electron chi connectivity index (χ3n) is 5.32. The molecule has 0 saturated carbocycles. The van der Waals surface area contributed by atoms with Crippen molar-refractivity contribution in [3.8, 4) is 0 Å². The standard InChI is InChI=1S/C20H21ClIN5O4/c1-20(2)30-14-12(8-28)29-18(15(14)31-20)27-9-24-13-16(25-19(21)26-17(13)27)23-7-10-4-3-5-11(22)6-10/h3-6,9,12,14-15,18,28H,7-8H2,1-2H3,(H,23,25,26)/t12-,14-,15-,18-/m1/s1. The van der Waals surface area contributed by atoms with Gasteiger partial charge in [-0.1, -0.05) is 12.1 Å². The zero-order valence-corrected chi connectivity index (χ0v) is 19.7. The van der Waals surface area contributed by atoms with Crippen molar-refractivity contribution in [1.29, 1.82) is 0 Å². The number of aliphatic hydroxyl groups is 1. The molecule has 2 N–H and O–H groups in total. The Kier molecular flexibility index (Phi) is 5.55. The molecule has 31 heavy (non-hydrogen) atoms. The summed E-state index contributed by atoms with van der Waals surface area (Å²) < 4.78 is 21.0. The maximum Gasteiger partial charge on any atom is 0.226 e. The van der Waals surface area contributed by atoms with Gasteiger partial charge in [-0.25, -0.2) is 4.98 Å². The monoisotopic (exact) mass is 557 g/mol. The summed E-state index contributed by atoms with van der Waals surface area (Å²) in [5.74, 6) is -0.238. The van der Waals surface area contributed by atoms with Gasteiger partial charge in [-0.3, -0.25) is 4.57 Å². The van der Waals surface area contributed by atoms with Gasteiger partial charge in [0.05, 0.1) is 12.9 Å². The van der Waals surface area contributed by atoms with Crippen molar-refractivity contribution in [2.75, 3.05) is 11.9 Å². The first kappa shape index (κ1) is 21.3. The molecule has 5 rings (SSSR count). The van der Waals surface area contributed by atoms with Crippen LogP contribution >= 0.6 is 34.2 Å². The third kappa shape index (κ3) is 4.00. The lowest BCUT2D eigenvalue weighted by atomic mass is 10.1. The molecule has 9 nitrogen and oxygen atoms in total. The first-order chi connectivity index (χ1) is 14.8. The number of aromatic nitrogens is 4. The van der Waals surface area contributed by atoms with E-state index in [9.17, 15) is 5.11 Å². The first-order valence-electron chi connectivity index (χ1n) is 9.85. The van der Waals surface area contributed by atoms with Gasteiger partial charge in [-0.2, -0.15) is 9.97 Å². The second-order valence-electron chi connectivity index (χ2n) is 7.96. The summed E-state index contributed by atoms with van der Waals surface area (Å²) >= 11 is 8.52. The van der Waals surface area contributed by atoms with Gasteiger partial charge in [0.25, 0.3) is 0 Å². The SMILES string of the molecule is CC1(C)O[C@@H]2[C@H](O1)[C@@H](CO)O[C@H]2n1cnc2c(NCc3cccc(I)c3)nc(Cl)nc21. The van der Waals surface area contributed by atoms with E-state index < -0.39 is 30.3 Å². The van der Waals surface area contributed by atoms with Crippen molar-refractivity contribution in [2.24, 2.45) is 0 Å². The maximum absolute atomic E-state index is 9.76. The average Bonchev–Trinajstić information content (AvgIpc) is 3.36. The number of hydrogen-bond acceptors (Lipinski definition) is 8. The van der Waals surface area contributed by atoms with Crippen molar-refractivity contribution in [1.82, 2.24) is 19.5 Å². The van der Waals surface area contributed by atoms with Gasteiger partial charge in [0.2, 0.25) is 5.28 Å². The van der Waals surface area contributed by atoms with Crippen molar-refractivity contribution in [3.05, 3.63) is 45.0 Å². The topological polar surface area (TPSA) is 104 Å². The summed E-state index contributed by atoms with van der Waals surface area (Å²) in [5.41, 5.74) is 2.20. The molecule has 2 aliphatic rings. The Morgan fingerprint density at radius 1 is 1.26 bits per heavy atom. The Balaban J connectivity index is 1.47. The highest BCUT2D eigenvalue weighted by atomic mass is 127. The lowest BCUT2D eigenvalue weighted by Gasteiger charge is -2.24. The molecular formula is C20H21ClIN5O4. The van der Waals surface area contributed by atoms with E-state index in [1.165, 1.54) is 0 Å². The van der Waals surface area contributed by atoms with Gasteiger partial charge >= 0.3 is 0 Å².